The number of aromatic hydroxyl groups is 5. The zero-order chi connectivity index (χ0) is 68.8. The normalized spacial score (nSPS) is 20.9. The Balaban J connectivity index is 1.15. The number of benzene rings is 7. The van der Waals surface area contributed by atoms with Crippen molar-refractivity contribution in [2.24, 2.45) is 0 Å². The minimum Gasteiger partial charge on any atom is -0.508 e. The lowest BCUT2D eigenvalue weighted by Crippen LogP contribution is -2.55. The SMILES string of the molecule is COC(=O)[C@H]1NC(=O)[C@H]2NC(=O)[C@H](NC(=O)[C@@H]3NC(=O)[C@H]4NC(=O)[C@@H](Cc5ccc(c(Cl)c5)Oc5cc3cc(c5OCCO)Oc3ccc(cc3Cl)[C@H]2O)NC(=O)[C@@H](NC(=O)OC(C)(C)C)c2ccc(O)c(c2)Oc2cc(O)cc4c2)c2ccc(O)c(c2)-c2c(O)cc(O)cc21. The first-order valence-corrected chi connectivity index (χ1v) is 30.1. The average molecular weight is 1360 g/mol. The number of esters is 1. The Labute approximate surface area is 553 Å². The maximum absolute atomic E-state index is 16.0. The van der Waals surface area contributed by atoms with Crippen LogP contribution in [0.4, 0.5) is 4.79 Å². The molecule has 6 aliphatic heterocycles. The fourth-order valence-corrected chi connectivity index (χ4v) is 11.6. The van der Waals surface area contributed by atoms with Crippen LogP contribution in [0.3, 0.4) is 0 Å². The number of hydrogen-bond acceptors (Lipinski definition) is 21. The summed E-state index contributed by atoms with van der Waals surface area (Å²) in [5, 5.41) is 96.7. The van der Waals surface area contributed by atoms with Gasteiger partial charge in [-0.25, -0.2) is 9.59 Å². The van der Waals surface area contributed by atoms with Crippen molar-refractivity contribution in [1.29, 1.82) is 0 Å². The number of fused-ring (bicyclic) bond motifs is 14. The summed E-state index contributed by atoms with van der Waals surface area (Å²) in [7, 11) is 0.962. The topological polar surface area (TPSA) is 418 Å². The van der Waals surface area contributed by atoms with Crippen LogP contribution in [0.2, 0.25) is 10.0 Å². The van der Waals surface area contributed by atoms with Crippen molar-refractivity contribution in [3.05, 3.63) is 164 Å². The van der Waals surface area contributed by atoms with Gasteiger partial charge in [-0.3, -0.25) is 28.8 Å². The Morgan fingerprint density at radius 1 is 0.573 bits per heavy atom. The number of halogens is 2. The van der Waals surface area contributed by atoms with Gasteiger partial charge in [0, 0.05) is 35.2 Å². The second kappa shape index (κ2) is 26.7. The molecule has 0 unspecified atom stereocenters. The summed E-state index contributed by atoms with van der Waals surface area (Å²) < 4.78 is 35.8. The van der Waals surface area contributed by atoms with Crippen LogP contribution in [0.5, 0.6) is 69.0 Å². The molecule has 7 aromatic carbocycles. The number of aliphatic hydroxyl groups is 2. The second-order valence-electron chi connectivity index (χ2n) is 23.4. The van der Waals surface area contributed by atoms with Gasteiger partial charge in [-0.15, -0.1) is 0 Å². The summed E-state index contributed by atoms with van der Waals surface area (Å²) in [5.41, 5.74) is -2.98. The third kappa shape index (κ3) is 13.9. The first-order valence-electron chi connectivity index (χ1n) is 29.3. The number of hydrogen-bond donors (Lipinski definition) is 14. The molecule has 30 heteroatoms. The number of nitrogens with one attached hydrogen (secondary N) is 7. The molecular formula is C66H59Cl2N7O21. The molecular weight excluding hydrogens is 1300 g/mol. The summed E-state index contributed by atoms with van der Waals surface area (Å²) in [5.74, 6) is -13.7. The maximum atomic E-state index is 16.0. The highest BCUT2D eigenvalue weighted by Crippen LogP contribution is 2.49. The molecule has 0 radical (unpaired) electrons. The lowest BCUT2D eigenvalue weighted by Gasteiger charge is -2.31. The van der Waals surface area contributed by atoms with Crippen molar-refractivity contribution in [2.45, 2.75) is 81.2 Å². The molecule has 0 saturated heterocycles. The molecule has 0 aliphatic carbocycles. The summed E-state index contributed by atoms with van der Waals surface area (Å²) >= 11 is 14.0. The zero-order valence-corrected chi connectivity index (χ0v) is 52.3. The molecule has 0 fully saturated rings. The molecule has 0 saturated carbocycles. The van der Waals surface area contributed by atoms with E-state index in [9.17, 15) is 54.9 Å². The van der Waals surface area contributed by atoms with Gasteiger partial charge >= 0.3 is 12.1 Å². The van der Waals surface area contributed by atoms with Crippen LogP contribution in [0.25, 0.3) is 11.1 Å². The van der Waals surface area contributed by atoms with E-state index in [1.54, 1.807) is 20.8 Å². The van der Waals surface area contributed by atoms with Crippen LogP contribution in [0.1, 0.15) is 96.0 Å². The zero-order valence-electron chi connectivity index (χ0n) is 50.8. The molecule has 14 N–H and O–H groups in total. The van der Waals surface area contributed by atoms with Crippen LogP contribution in [-0.4, -0.2) is 121 Å². The Morgan fingerprint density at radius 3 is 1.82 bits per heavy atom. The minimum atomic E-state index is -2.19. The molecule has 8 atom stereocenters. The Kier molecular flexibility index (Phi) is 18.4. The molecule has 13 rings (SSSR count). The highest BCUT2D eigenvalue weighted by atomic mass is 35.5. The highest BCUT2D eigenvalue weighted by Gasteiger charge is 2.42. The third-order valence-electron chi connectivity index (χ3n) is 15.6. The Morgan fingerprint density at radius 2 is 1.17 bits per heavy atom. The van der Waals surface area contributed by atoms with E-state index in [4.69, 9.17) is 51.6 Å². The number of phenols is 5. The van der Waals surface area contributed by atoms with Gasteiger partial charge in [0.15, 0.2) is 29.0 Å². The number of amides is 7. The monoisotopic (exact) mass is 1360 g/mol. The smallest absolute Gasteiger partial charge is 0.408 e. The average Bonchev–Trinajstić information content (AvgIpc) is 0.777. The van der Waals surface area contributed by atoms with Crippen molar-refractivity contribution in [1.82, 2.24) is 37.2 Å². The lowest BCUT2D eigenvalue weighted by molar-refractivity contribution is -0.146. The molecule has 0 aromatic heterocycles. The molecule has 96 heavy (non-hydrogen) atoms. The van der Waals surface area contributed by atoms with Crippen LogP contribution in [0, 0.1) is 0 Å². The standard InChI is InChI=1S/C66H59Cl2N7O21/c1-66(2,3)96-65(90)75-51-29-7-10-42(80)46(21-29)93-35-18-31(17-33(77)24-35)52-61(86)72-53-32-22-47(94-44-11-5-27(15-38(44)67)16-40(58(83)70-52)69-59(51)84)57(92-14-13-76)48(23-32)95-45-12-8-30(20-39(45)68)56(82)55-63(88)73-54(64(89)91-4)37-25-34(78)26-43(81)49(37)36-19-28(6-9-41(36)79)50(60(85)74-55)71-62(53)87/h5-12,15,17-26,40,50-56,76-82H,13-14,16H2,1-4H3,(H,69,84)(H,70,83)(H,71,87)(H,72,86)(H,73,88)(H,74,85)(H,75,90)/t40-,50-,51+,52+,53-,54+,55+,56-/m1/s1. The fourth-order valence-electron chi connectivity index (χ4n) is 11.2. The fraction of sp³-hybridized carbons (Fsp3) is 0.242. The quantitative estimate of drug-likeness (QED) is 0.0840. The molecule has 7 aromatic rings. The Bertz CT molecular complexity index is 4370. The van der Waals surface area contributed by atoms with Crippen molar-refractivity contribution in [2.75, 3.05) is 20.3 Å². The molecule has 28 nitrogen and oxygen atoms in total. The van der Waals surface area contributed by atoms with Crippen molar-refractivity contribution in [3.63, 3.8) is 0 Å². The predicted octanol–water partition coefficient (Wildman–Crippen LogP) is 6.30. The van der Waals surface area contributed by atoms with Crippen molar-refractivity contribution < 1.29 is 103 Å². The van der Waals surface area contributed by atoms with Gasteiger partial charge in [-0.05, 0) is 133 Å². The van der Waals surface area contributed by atoms with E-state index in [0.29, 0.717) is 0 Å². The van der Waals surface area contributed by atoms with Gasteiger partial charge in [0.2, 0.25) is 41.2 Å². The lowest BCUT2D eigenvalue weighted by atomic mass is 9.89. The second-order valence-corrected chi connectivity index (χ2v) is 24.3. The first kappa shape index (κ1) is 66.3. The summed E-state index contributed by atoms with van der Waals surface area (Å²) in [6.45, 7) is 3.68. The third-order valence-corrected chi connectivity index (χ3v) is 16.2. The number of phenolic OH excluding ortho intramolecular Hbond substituents is 5. The number of ether oxygens (including phenoxy) is 6. The molecule has 7 amide bonds. The van der Waals surface area contributed by atoms with E-state index in [1.807, 2.05) is 0 Å². The predicted molar refractivity (Wildman–Crippen MR) is 335 cm³/mol. The van der Waals surface area contributed by atoms with E-state index in [1.165, 1.54) is 60.7 Å². The Hall–Kier alpha value is -11.2. The molecule has 498 valence electrons. The maximum Gasteiger partial charge on any atom is 0.408 e. The number of rotatable bonds is 5. The van der Waals surface area contributed by atoms with Gasteiger partial charge in [-0.2, -0.15) is 0 Å². The summed E-state index contributed by atoms with van der Waals surface area (Å²) in [6, 6.07) is 8.39. The van der Waals surface area contributed by atoms with E-state index in [2.05, 4.69) is 37.2 Å². The van der Waals surface area contributed by atoms with Gasteiger partial charge in [0.25, 0.3) is 0 Å². The number of carbonyl (C=O) groups excluding carboxylic acids is 8. The number of methoxy groups -OCH3 is 1. The van der Waals surface area contributed by atoms with Gasteiger partial charge in [-0.1, -0.05) is 47.5 Å². The number of aliphatic hydroxyl groups excluding tert-OH is 2. The molecule has 0 spiro atoms. The van der Waals surface area contributed by atoms with Crippen LogP contribution in [0.15, 0.2) is 115 Å². The van der Waals surface area contributed by atoms with Crippen molar-refractivity contribution in [3.8, 4) is 80.1 Å². The number of carbonyl (C=O) groups is 8. The summed E-state index contributed by atoms with van der Waals surface area (Å²) in [6.07, 6.45) is -3.62. The van der Waals surface area contributed by atoms with Crippen molar-refractivity contribution >= 4 is 70.7 Å². The molecule has 6 aliphatic rings. The van der Waals surface area contributed by atoms with E-state index in [0.717, 1.165) is 61.7 Å². The molecule has 17 bridgehead atoms. The van der Waals surface area contributed by atoms with Gasteiger partial charge < -0.3 is 101 Å². The highest BCUT2D eigenvalue weighted by molar-refractivity contribution is 6.32. The largest absolute Gasteiger partial charge is 0.508 e. The molecule has 6 heterocycles. The first-order chi connectivity index (χ1) is 45.6. The van der Waals surface area contributed by atoms with E-state index < -0.39 is 155 Å². The van der Waals surface area contributed by atoms with Crippen LogP contribution >= 0.6 is 23.2 Å². The number of alkyl carbamates (subject to hydrolysis) is 1. The van der Waals surface area contributed by atoms with E-state index >= 15 is 19.2 Å². The van der Waals surface area contributed by atoms with Gasteiger partial charge in [0.05, 0.1) is 23.8 Å². The van der Waals surface area contributed by atoms with Gasteiger partial charge in [0.1, 0.15) is 94.8 Å². The van der Waals surface area contributed by atoms with Crippen LogP contribution < -0.4 is 56.2 Å². The minimum absolute atomic E-state index is 0.00569. The van der Waals surface area contributed by atoms with E-state index in [-0.39, 0.29) is 94.8 Å². The summed E-state index contributed by atoms with van der Waals surface area (Å²) in [4.78, 5) is 120. The van der Waals surface area contributed by atoms with Crippen LogP contribution in [-0.2, 0) is 49.5 Å².